The lowest BCUT2D eigenvalue weighted by Crippen LogP contribution is -2.32. The zero-order valence-electron chi connectivity index (χ0n) is 12.3. The van der Waals surface area contributed by atoms with Crippen molar-refractivity contribution in [1.82, 2.24) is 4.90 Å². The summed E-state index contributed by atoms with van der Waals surface area (Å²) in [5.41, 5.74) is 7.59. The van der Waals surface area contributed by atoms with E-state index >= 15 is 0 Å². The van der Waals surface area contributed by atoms with Crippen molar-refractivity contribution >= 4 is 5.91 Å². The number of rotatable bonds is 7. The van der Waals surface area contributed by atoms with E-state index in [1.54, 1.807) is 7.11 Å². The Morgan fingerprint density at radius 3 is 2.63 bits per heavy atom. The minimum absolute atomic E-state index is 0.284. The van der Waals surface area contributed by atoms with Crippen LogP contribution in [0.25, 0.3) is 0 Å². The zero-order valence-corrected chi connectivity index (χ0v) is 12.3. The van der Waals surface area contributed by atoms with Crippen molar-refractivity contribution in [1.29, 1.82) is 0 Å². The lowest BCUT2D eigenvalue weighted by atomic mass is 10.00. The number of nitrogens with zero attached hydrogens (tertiary/aromatic N) is 1. The van der Waals surface area contributed by atoms with Crippen LogP contribution in [0.5, 0.6) is 5.75 Å². The van der Waals surface area contributed by atoms with E-state index in [1.807, 2.05) is 11.9 Å². The summed E-state index contributed by atoms with van der Waals surface area (Å²) in [5, 5.41) is 0. The normalized spacial score (nSPS) is 11.1. The van der Waals surface area contributed by atoms with Gasteiger partial charge in [-0.1, -0.05) is 26.0 Å². The fourth-order valence-corrected chi connectivity index (χ4v) is 1.98. The van der Waals surface area contributed by atoms with Gasteiger partial charge in [-0.3, -0.25) is 9.69 Å². The van der Waals surface area contributed by atoms with Gasteiger partial charge in [0, 0.05) is 6.54 Å². The highest BCUT2D eigenvalue weighted by Gasteiger charge is 2.09. The molecule has 1 aromatic rings. The van der Waals surface area contributed by atoms with Gasteiger partial charge in [-0.2, -0.15) is 0 Å². The maximum absolute atomic E-state index is 10.8. The van der Waals surface area contributed by atoms with Crippen LogP contribution < -0.4 is 10.5 Å². The number of primary amides is 1. The molecule has 0 atom stereocenters. The SMILES string of the molecule is COc1cc(C(C)C)ccc1CCN(C)CC(N)=O. The number of hydrogen-bond donors (Lipinski definition) is 1. The van der Waals surface area contributed by atoms with E-state index in [1.165, 1.54) is 5.56 Å². The Morgan fingerprint density at radius 1 is 1.42 bits per heavy atom. The van der Waals surface area contributed by atoms with Crippen molar-refractivity contribution in [3.05, 3.63) is 29.3 Å². The van der Waals surface area contributed by atoms with Crippen LogP contribution in [0.3, 0.4) is 0 Å². The molecule has 0 aromatic heterocycles. The molecule has 1 amide bonds. The second-order valence-corrected chi connectivity index (χ2v) is 5.18. The van der Waals surface area contributed by atoms with Gasteiger partial charge in [0.15, 0.2) is 0 Å². The lowest BCUT2D eigenvalue weighted by Gasteiger charge is -2.17. The summed E-state index contributed by atoms with van der Waals surface area (Å²) < 4.78 is 5.44. The Hall–Kier alpha value is -1.55. The van der Waals surface area contributed by atoms with Crippen LogP contribution in [0.15, 0.2) is 18.2 Å². The Labute approximate surface area is 115 Å². The summed E-state index contributed by atoms with van der Waals surface area (Å²) in [4.78, 5) is 12.7. The first-order valence-corrected chi connectivity index (χ1v) is 6.57. The minimum Gasteiger partial charge on any atom is -0.496 e. The number of carbonyl (C=O) groups excluding carboxylic acids is 1. The third-order valence-electron chi connectivity index (χ3n) is 3.17. The molecule has 4 heteroatoms. The largest absolute Gasteiger partial charge is 0.496 e. The van der Waals surface area contributed by atoms with Gasteiger partial charge in [0.1, 0.15) is 5.75 Å². The highest BCUT2D eigenvalue weighted by molar-refractivity contribution is 5.75. The highest BCUT2D eigenvalue weighted by atomic mass is 16.5. The minimum atomic E-state index is -0.301. The Balaban J connectivity index is 2.70. The monoisotopic (exact) mass is 264 g/mol. The molecule has 0 spiro atoms. The highest BCUT2D eigenvalue weighted by Crippen LogP contribution is 2.25. The molecule has 1 aromatic carbocycles. The van der Waals surface area contributed by atoms with Gasteiger partial charge in [-0.05, 0) is 36.6 Å². The van der Waals surface area contributed by atoms with Crippen LogP contribution in [0.1, 0.15) is 30.9 Å². The zero-order chi connectivity index (χ0) is 14.4. The maximum Gasteiger partial charge on any atom is 0.231 e. The molecule has 0 saturated carbocycles. The number of ether oxygens (including phenoxy) is 1. The van der Waals surface area contributed by atoms with E-state index in [0.29, 0.717) is 5.92 Å². The molecule has 4 nitrogen and oxygen atoms in total. The Morgan fingerprint density at radius 2 is 2.11 bits per heavy atom. The molecule has 19 heavy (non-hydrogen) atoms. The first kappa shape index (κ1) is 15.5. The molecule has 1 rings (SSSR count). The van der Waals surface area contributed by atoms with Crippen molar-refractivity contribution < 1.29 is 9.53 Å². The number of methoxy groups -OCH3 is 1. The van der Waals surface area contributed by atoms with Gasteiger partial charge >= 0.3 is 0 Å². The van der Waals surface area contributed by atoms with Crippen molar-refractivity contribution in [2.75, 3.05) is 27.2 Å². The topological polar surface area (TPSA) is 55.6 Å². The molecule has 0 radical (unpaired) electrons. The Kier molecular flexibility index (Phi) is 5.83. The first-order valence-electron chi connectivity index (χ1n) is 6.57. The van der Waals surface area contributed by atoms with Crippen molar-refractivity contribution in [3.63, 3.8) is 0 Å². The fourth-order valence-electron chi connectivity index (χ4n) is 1.98. The average molecular weight is 264 g/mol. The molecule has 0 unspecified atom stereocenters. The molecule has 0 aliphatic carbocycles. The summed E-state index contributed by atoms with van der Waals surface area (Å²) >= 11 is 0. The number of benzene rings is 1. The van der Waals surface area contributed by atoms with Gasteiger partial charge in [0.05, 0.1) is 13.7 Å². The predicted octanol–water partition coefficient (Wildman–Crippen LogP) is 1.78. The summed E-state index contributed by atoms with van der Waals surface area (Å²) in [6.45, 7) is 5.39. The van der Waals surface area contributed by atoms with E-state index in [0.717, 1.165) is 24.3 Å². The van der Waals surface area contributed by atoms with Crippen molar-refractivity contribution in [2.24, 2.45) is 5.73 Å². The Bertz CT molecular complexity index is 430. The molecule has 106 valence electrons. The van der Waals surface area contributed by atoms with Crippen molar-refractivity contribution in [2.45, 2.75) is 26.2 Å². The van der Waals surface area contributed by atoms with E-state index < -0.39 is 0 Å². The fraction of sp³-hybridized carbons (Fsp3) is 0.533. The van der Waals surface area contributed by atoms with Crippen LogP contribution in [-0.2, 0) is 11.2 Å². The number of hydrogen-bond acceptors (Lipinski definition) is 3. The first-order chi connectivity index (χ1) is 8.93. The van der Waals surface area contributed by atoms with Crippen LogP contribution in [0, 0.1) is 0 Å². The van der Waals surface area contributed by atoms with Gasteiger partial charge in [0.25, 0.3) is 0 Å². The van der Waals surface area contributed by atoms with Gasteiger partial charge in [-0.15, -0.1) is 0 Å². The standard InChI is InChI=1S/C15H24N2O2/c1-11(2)13-6-5-12(14(9-13)19-4)7-8-17(3)10-15(16)18/h5-6,9,11H,7-8,10H2,1-4H3,(H2,16,18). The van der Waals surface area contributed by atoms with Crippen LogP contribution in [0.4, 0.5) is 0 Å². The molecule has 0 aliphatic heterocycles. The van der Waals surface area contributed by atoms with E-state index in [-0.39, 0.29) is 12.5 Å². The molecule has 0 heterocycles. The van der Waals surface area contributed by atoms with E-state index in [4.69, 9.17) is 10.5 Å². The summed E-state index contributed by atoms with van der Waals surface area (Å²) in [5.74, 6) is 1.10. The molecular weight excluding hydrogens is 240 g/mol. The third kappa shape index (κ3) is 4.91. The molecule has 0 bridgehead atoms. The smallest absolute Gasteiger partial charge is 0.231 e. The van der Waals surface area contributed by atoms with Gasteiger partial charge in [0.2, 0.25) is 5.91 Å². The van der Waals surface area contributed by atoms with Crippen molar-refractivity contribution in [3.8, 4) is 5.75 Å². The molecule has 0 fully saturated rings. The lowest BCUT2D eigenvalue weighted by molar-refractivity contribution is -0.118. The summed E-state index contributed by atoms with van der Waals surface area (Å²) in [7, 11) is 3.58. The van der Waals surface area contributed by atoms with Crippen LogP contribution in [0.2, 0.25) is 0 Å². The molecule has 2 N–H and O–H groups in total. The van der Waals surface area contributed by atoms with Gasteiger partial charge in [-0.25, -0.2) is 0 Å². The summed E-state index contributed by atoms with van der Waals surface area (Å²) in [6, 6.07) is 6.33. The quantitative estimate of drug-likeness (QED) is 0.816. The number of carbonyl (C=O) groups is 1. The molecule has 0 aliphatic rings. The maximum atomic E-state index is 10.8. The van der Waals surface area contributed by atoms with E-state index in [2.05, 4.69) is 32.0 Å². The van der Waals surface area contributed by atoms with Gasteiger partial charge < -0.3 is 10.5 Å². The number of likely N-dealkylation sites (N-methyl/N-ethyl adjacent to an activating group) is 1. The number of nitrogens with two attached hydrogens (primary N) is 1. The average Bonchev–Trinajstić information content (AvgIpc) is 2.35. The predicted molar refractivity (Wildman–Crippen MR) is 77.5 cm³/mol. The second kappa shape index (κ2) is 7.14. The second-order valence-electron chi connectivity index (χ2n) is 5.18. The third-order valence-corrected chi connectivity index (χ3v) is 3.17. The molecular formula is C15H24N2O2. The van der Waals surface area contributed by atoms with Crippen LogP contribution >= 0.6 is 0 Å². The van der Waals surface area contributed by atoms with E-state index in [9.17, 15) is 4.79 Å². The summed E-state index contributed by atoms with van der Waals surface area (Å²) in [6.07, 6.45) is 0.839. The van der Waals surface area contributed by atoms with Crippen LogP contribution in [-0.4, -0.2) is 38.1 Å². The number of amides is 1. The molecule has 0 saturated heterocycles.